The van der Waals surface area contributed by atoms with E-state index in [2.05, 4.69) is 27.6 Å². The molecular formula is C13H16BrNO4S. The van der Waals surface area contributed by atoms with Gasteiger partial charge in [0.2, 0.25) is 10.0 Å². The lowest BCUT2D eigenvalue weighted by molar-refractivity contribution is 0.0696. The number of aromatic carboxylic acids is 1. The first-order valence-electron chi connectivity index (χ1n) is 6.25. The van der Waals surface area contributed by atoms with Crippen LogP contribution in [-0.2, 0) is 10.0 Å². The van der Waals surface area contributed by atoms with Gasteiger partial charge in [0.25, 0.3) is 0 Å². The SMILES string of the molecule is Cc1cc(C(=O)O)cc(S(=O)(=O)NCC2CC2C)c1Br. The normalized spacial score (nSPS) is 21.8. The van der Waals surface area contributed by atoms with Crippen molar-refractivity contribution < 1.29 is 18.3 Å². The van der Waals surface area contributed by atoms with Gasteiger partial charge in [-0.3, -0.25) is 0 Å². The molecule has 2 atom stereocenters. The maximum atomic E-state index is 12.3. The molecule has 0 bridgehead atoms. The van der Waals surface area contributed by atoms with Gasteiger partial charge in [0, 0.05) is 11.0 Å². The van der Waals surface area contributed by atoms with E-state index < -0.39 is 16.0 Å². The van der Waals surface area contributed by atoms with Crippen LogP contribution in [-0.4, -0.2) is 26.0 Å². The summed E-state index contributed by atoms with van der Waals surface area (Å²) in [5.74, 6) is -0.214. The van der Waals surface area contributed by atoms with Gasteiger partial charge in [-0.25, -0.2) is 17.9 Å². The first kappa shape index (κ1) is 15.5. The predicted octanol–water partition coefficient (Wildman–Crippen LogP) is 2.39. The minimum atomic E-state index is -3.71. The zero-order valence-electron chi connectivity index (χ0n) is 11.2. The Kier molecular flexibility index (Phi) is 4.22. The van der Waals surface area contributed by atoms with E-state index in [1.807, 2.05) is 0 Å². The Labute approximate surface area is 126 Å². The van der Waals surface area contributed by atoms with Crippen molar-refractivity contribution in [2.45, 2.75) is 25.2 Å². The lowest BCUT2D eigenvalue weighted by Gasteiger charge is -2.11. The van der Waals surface area contributed by atoms with Crippen LogP contribution < -0.4 is 4.72 Å². The minimum Gasteiger partial charge on any atom is -0.478 e. The fourth-order valence-corrected chi connectivity index (χ4v) is 4.17. The number of carboxylic acids is 1. The van der Waals surface area contributed by atoms with Gasteiger partial charge in [-0.2, -0.15) is 0 Å². The Morgan fingerprint density at radius 2 is 2.10 bits per heavy atom. The first-order valence-corrected chi connectivity index (χ1v) is 8.53. The van der Waals surface area contributed by atoms with Crippen LogP contribution in [0.1, 0.15) is 29.3 Å². The van der Waals surface area contributed by atoms with Crippen LogP contribution in [0.4, 0.5) is 0 Å². The number of sulfonamides is 1. The molecule has 2 unspecified atom stereocenters. The van der Waals surface area contributed by atoms with Crippen molar-refractivity contribution in [2.24, 2.45) is 11.8 Å². The molecule has 0 saturated heterocycles. The Hall–Kier alpha value is -0.920. The van der Waals surface area contributed by atoms with E-state index in [-0.39, 0.29) is 10.5 Å². The van der Waals surface area contributed by atoms with Gasteiger partial charge in [-0.15, -0.1) is 0 Å². The van der Waals surface area contributed by atoms with E-state index in [9.17, 15) is 13.2 Å². The van der Waals surface area contributed by atoms with Crippen molar-refractivity contribution in [1.29, 1.82) is 0 Å². The van der Waals surface area contributed by atoms with E-state index in [1.54, 1.807) is 6.92 Å². The van der Waals surface area contributed by atoms with Crippen LogP contribution in [0.2, 0.25) is 0 Å². The van der Waals surface area contributed by atoms with Gasteiger partial charge in [0.15, 0.2) is 0 Å². The summed E-state index contributed by atoms with van der Waals surface area (Å²) in [6, 6.07) is 2.62. The van der Waals surface area contributed by atoms with Crippen molar-refractivity contribution in [3.63, 3.8) is 0 Å². The molecule has 0 radical (unpaired) electrons. The van der Waals surface area contributed by atoms with E-state index in [0.717, 1.165) is 6.42 Å². The largest absolute Gasteiger partial charge is 0.478 e. The third-order valence-electron chi connectivity index (χ3n) is 3.57. The topological polar surface area (TPSA) is 83.5 Å². The molecule has 5 nitrogen and oxygen atoms in total. The highest BCUT2D eigenvalue weighted by molar-refractivity contribution is 9.10. The van der Waals surface area contributed by atoms with E-state index in [1.165, 1.54) is 12.1 Å². The molecule has 0 heterocycles. The summed E-state index contributed by atoms with van der Waals surface area (Å²) in [6.07, 6.45) is 1.03. The smallest absolute Gasteiger partial charge is 0.335 e. The average molecular weight is 362 g/mol. The number of hydrogen-bond acceptors (Lipinski definition) is 3. The molecule has 1 aliphatic carbocycles. The number of halogens is 1. The molecule has 1 saturated carbocycles. The van der Waals surface area contributed by atoms with E-state index >= 15 is 0 Å². The Balaban J connectivity index is 2.32. The fourth-order valence-electron chi connectivity index (χ4n) is 2.03. The summed E-state index contributed by atoms with van der Waals surface area (Å²) in [7, 11) is -3.71. The van der Waals surface area contributed by atoms with Crippen molar-refractivity contribution in [3.05, 3.63) is 27.7 Å². The molecule has 0 spiro atoms. The monoisotopic (exact) mass is 361 g/mol. The number of aryl methyl sites for hydroxylation is 1. The summed E-state index contributed by atoms with van der Waals surface area (Å²) in [5, 5.41) is 9.02. The fraction of sp³-hybridized carbons (Fsp3) is 0.462. The van der Waals surface area contributed by atoms with Crippen molar-refractivity contribution in [1.82, 2.24) is 4.72 Å². The highest BCUT2D eigenvalue weighted by Gasteiger charge is 2.33. The zero-order valence-corrected chi connectivity index (χ0v) is 13.6. The number of carboxylic acid groups (broad SMARTS) is 1. The molecule has 110 valence electrons. The molecule has 1 aromatic carbocycles. The number of benzene rings is 1. The number of hydrogen-bond donors (Lipinski definition) is 2. The molecule has 0 aliphatic heterocycles. The van der Waals surface area contributed by atoms with E-state index in [4.69, 9.17) is 5.11 Å². The lowest BCUT2D eigenvalue weighted by atomic mass is 10.1. The van der Waals surface area contributed by atoms with Crippen molar-refractivity contribution in [2.75, 3.05) is 6.54 Å². The molecule has 1 aromatic rings. The maximum Gasteiger partial charge on any atom is 0.335 e. The minimum absolute atomic E-state index is 0.0248. The number of nitrogens with one attached hydrogen (secondary N) is 1. The second kappa shape index (κ2) is 5.46. The van der Waals surface area contributed by atoms with Gasteiger partial charge in [0.05, 0.1) is 10.5 Å². The molecule has 0 amide bonds. The van der Waals surface area contributed by atoms with Crippen molar-refractivity contribution in [3.8, 4) is 0 Å². The summed E-state index contributed by atoms with van der Waals surface area (Å²) in [5.41, 5.74) is 0.538. The van der Waals surface area contributed by atoms with Crippen LogP contribution in [0.3, 0.4) is 0 Å². The van der Waals surface area contributed by atoms with Crippen LogP contribution >= 0.6 is 15.9 Å². The summed E-state index contributed by atoms with van der Waals surface area (Å²) < 4.78 is 27.5. The third kappa shape index (κ3) is 3.21. The van der Waals surface area contributed by atoms with Gasteiger partial charge >= 0.3 is 5.97 Å². The van der Waals surface area contributed by atoms with Gasteiger partial charge in [0.1, 0.15) is 0 Å². The molecule has 1 fully saturated rings. The molecule has 7 heteroatoms. The number of rotatable bonds is 5. The van der Waals surface area contributed by atoms with Gasteiger partial charge in [-0.1, -0.05) is 6.92 Å². The summed E-state index contributed by atoms with van der Waals surface area (Å²) >= 11 is 3.22. The standard InChI is InChI=1S/C13H16BrNO4S/c1-7-3-10(7)6-15-20(18,19)11-5-9(13(16)17)4-8(2)12(11)14/h4-5,7,10,15H,3,6H2,1-2H3,(H,16,17). The molecule has 20 heavy (non-hydrogen) atoms. The van der Waals surface area contributed by atoms with Gasteiger partial charge < -0.3 is 5.11 Å². The molecule has 0 aromatic heterocycles. The number of carbonyl (C=O) groups is 1. The molecule has 2 rings (SSSR count). The molecule has 2 N–H and O–H groups in total. The maximum absolute atomic E-state index is 12.3. The predicted molar refractivity (Wildman–Crippen MR) is 78.3 cm³/mol. The van der Waals surface area contributed by atoms with Crippen molar-refractivity contribution >= 4 is 31.9 Å². The van der Waals surface area contributed by atoms with Crippen LogP contribution in [0.25, 0.3) is 0 Å². The lowest BCUT2D eigenvalue weighted by Crippen LogP contribution is -2.27. The zero-order chi connectivity index (χ0) is 15.1. The quantitative estimate of drug-likeness (QED) is 0.843. The highest BCUT2D eigenvalue weighted by Crippen LogP contribution is 2.37. The molecule has 1 aliphatic rings. The average Bonchev–Trinajstić information content (AvgIpc) is 3.06. The Morgan fingerprint density at radius 3 is 2.60 bits per heavy atom. The Morgan fingerprint density at radius 1 is 1.50 bits per heavy atom. The molecular weight excluding hydrogens is 346 g/mol. The van der Waals surface area contributed by atoms with Crippen LogP contribution in [0.5, 0.6) is 0 Å². The van der Waals surface area contributed by atoms with Gasteiger partial charge in [-0.05, 0) is 58.8 Å². The third-order valence-corrected chi connectivity index (χ3v) is 6.33. The second-order valence-corrected chi connectivity index (χ2v) is 7.76. The second-order valence-electron chi connectivity index (χ2n) is 5.24. The summed E-state index contributed by atoms with van der Waals surface area (Å²) in [4.78, 5) is 11.0. The highest BCUT2D eigenvalue weighted by atomic mass is 79.9. The first-order chi connectivity index (χ1) is 9.22. The summed E-state index contributed by atoms with van der Waals surface area (Å²) in [6.45, 7) is 4.13. The Bertz CT molecular complexity index is 657. The van der Waals surface area contributed by atoms with E-state index in [0.29, 0.717) is 28.4 Å². The van der Waals surface area contributed by atoms with Crippen LogP contribution in [0.15, 0.2) is 21.5 Å². The van der Waals surface area contributed by atoms with Crippen LogP contribution in [0, 0.1) is 18.8 Å².